The van der Waals surface area contributed by atoms with E-state index < -0.39 is 0 Å². The first-order chi connectivity index (χ1) is 15.2. The van der Waals surface area contributed by atoms with Crippen LogP contribution in [0.15, 0.2) is 120 Å². The van der Waals surface area contributed by atoms with Gasteiger partial charge in [-0.25, -0.2) is 0 Å². The maximum atomic E-state index is 6.82. The molecular weight excluding hydrogens is 390 g/mol. The van der Waals surface area contributed by atoms with Crippen LogP contribution in [-0.2, 0) is 0 Å². The minimum absolute atomic E-state index is 0.228. The van der Waals surface area contributed by atoms with Crippen LogP contribution in [0.5, 0.6) is 0 Å². The van der Waals surface area contributed by atoms with Crippen LogP contribution in [0.4, 0.5) is 0 Å². The van der Waals surface area contributed by atoms with Gasteiger partial charge >= 0.3 is 0 Å². The largest absolute Gasteiger partial charge is 0.391 e. The van der Waals surface area contributed by atoms with E-state index >= 15 is 0 Å². The molecule has 0 fully saturated rings. The van der Waals surface area contributed by atoms with Crippen LogP contribution in [0, 0.1) is 0 Å². The van der Waals surface area contributed by atoms with E-state index in [9.17, 15) is 0 Å². The molecule has 32 heavy (non-hydrogen) atoms. The lowest BCUT2D eigenvalue weighted by Crippen LogP contribution is -2.40. The fraction of sp³-hybridized carbons (Fsp3) is 0.310. The average Bonchev–Trinajstić information content (AvgIpc) is 2.95. The summed E-state index contributed by atoms with van der Waals surface area (Å²) < 4.78 is 0. The van der Waals surface area contributed by atoms with Gasteiger partial charge in [0.25, 0.3) is 0 Å². The van der Waals surface area contributed by atoms with Crippen LogP contribution in [0.25, 0.3) is 0 Å². The highest BCUT2D eigenvalue weighted by molar-refractivity contribution is 5.47. The van der Waals surface area contributed by atoms with Crippen LogP contribution in [-0.4, -0.2) is 19.1 Å². The molecule has 3 heteroatoms. The second-order valence-corrected chi connectivity index (χ2v) is 8.17. The second-order valence-electron chi connectivity index (χ2n) is 8.17. The van der Waals surface area contributed by atoms with Crippen molar-refractivity contribution in [1.29, 1.82) is 0 Å². The van der Waals surface area contributed by atoms with E-state index in [2.05, 4.69) is 81.5 Å². The van der Waals surface area contributed by atoms with Crippen LogP contribution >= 0.6 is 0 Å². The van der Waals surface area contributed by atoms with Crippen molar-refractivity contribution in [3.8, 4) is 0 Å². The summed E-state index contributed by atoms with van der Waals surface area (Å²) >= 11 is 0. The van der Waals surface area contributed by atoms with Crippen LogP contribution < -0.4 is 16.4 Å². The maximum absolute atomic E-state index is 6.82. The lowest BCUT2D eigenvalue weighted by atomic mass is 9.88. The number of nitrogens with two attached hydrogens (primary N) is 1. The van der Waals surface area contributed by atoms with Gasteiger partial charge in [-0.05, 0) is 56.9 Å². The van der Waals surface area contributed by atoms with Crippen molar-refractivity contribution in [3.63, 3.8) is 0 Å². The first kappa shape index (κ1) is 27.0. The smallest absolute Gasteiger partial charge is 0.0737 e. The van der Waals surface area contributed by atoms with Crippen LogP contribution in [0.3, 0.4) is 0 Å². The minimum Gasteiger partial charge on any atom is -0.391 e. The molecule has 0 radical (unpaired) electrons. The monoisotopic (exact) mass is 431 g/mol. The predicted octanol–water partition coefficient (Wildman–Crippen LogP) is 6.32. The zero-order chi connectivity index (χ0) is 24.1. The highest BCUT2D eigenvalue weighted by atomic mass is 14.9. The van der Waals surface area contributed by atoms with Gasteiger partial charge in [-0.1, -0.05) is 79.0 Å². The molecule has 0 saturated carbocycles. The van der Waals surface area contributed by atoms with E-state index in [4.69, 9.17) is 5.73 Å². The van der Waals surface area contributed by atoms with Gasteiger partial charge in [-0.2, -0.15) is 0 Å². The Morgan fingerprint density at radius 1 is 1.25 bits per heavy atom. The van der Waals surface area contributed by atoms with Gasteiger partial charge < -0.3 is 16.4 Å². The summed E-state index contributed by atoms with van der Waals surface area (Å²) in [5, 5.41) is 6.95. The van der Waals surface area contributed by atoms with Crippen molar-refractivity contribution in [2.45, 2.75) is 52.6 Å². The number of rotatable bonds is 12. The topological polar surface area (TPSA) is 50.1 Å². The lowest BCUT2D eigenvalue weighted by molar-refractivity contribution is 0.685. The van der Waals surface area contributed by atoms with Gasteiger partial charge in [0.05, 0.1) is 12.1 Å². The van der Waals surface area contributed by atoms with Crippen molar-refractivity contribution in [2.75, 3.05) is 7.05 Å². The predicted molar refractivity (Wildman–Crippen MR) is 143 cm³/mol. The molecular formula is C29H41N3. The standard InChI is InChI=1S/C29H41N3/c1-9-11-13-16-23(6)29(32-25(17-12-10-2)19-21(3)4)24(7)28(30)26-20-22(5)15-14-18-27(26)31-8/h9-11,13-17,19-20,28-29,31-32H,2,6-7,12,18,30H2,1,3-5,8H3/b11-9-,16-13-,25-17+. The summed E-state index contributed by atoms with van der Waals surface area (Å²) in [5.74, 6) is 0. The van der Waals surface area contributed by atoms with E-state index in [0.717, 1.165) is 41.0 Å². The van der Waals surface area contributed by atoms with Gasteiger partial charge in [0.1, 0.15) is 0 Å². The fourth-order valence-corrected chi connectivity index (χ4v) is 3.42. The Morgan fingerprint density at radius 2 is 1.97 bits per heavy atom. The normalized spacial score (nSPS) is 16.4. The number of allylic oxidation sites excluding steroid dienone is 10. The summed E-state index contributed by atoms with van der Waals surface area (Å²) in [6, 6.07) is -0.585. The molecule has 0 amide bonds. The minimum atomic E-state index is -0.357. The zero-order valence-corrected chi connectivity index (χ0v) is 20.5. The lowest BCUT2D eigenvalue weighted by Gasteiger charge is -2.29. The van der Waals surface area contributed by atoms with Crippen molar-refractivity contribution in [2.24, 2.45) is 5.73 Å². The molecule has 1 rings (SSSR count). The number of nitrogens with one attached hydrogen (secondary N) is 2. The molecule has 2 unspecified atom stereocenters. The summed E-state index contributed by atoms with van der Waals surface area (Å²) in [6.07, 6.45) is 22.1. The third-order valence-electron chi connectivity index (χ3n) is 5.09. The third-order valence-corrected chi connectivity index (χ3v) is 5.09. The summed E-state index contributed by atoms with van der Waals surface area (Å²) in [4.78, 5) is 0. The Morgan fingerprint density at radius 3 is 2.56 bits per heavy atom. The van der Waals surface area contributed by atoms with E-state index in [1.54, 1.807) is 0 Å². The van der Waals surface area contributed by atoms with Gasteiger partial charge in [-0.15, -0.1) is 6.58 Å². The Hall–Kier alpha value is -3.04. The van der Waals surface area contributed by atoms with Crippen molar-refractivity contribution >= 4 is 0 Å². The molecule has 1 aliphatic rings. The molecule has 4 N–H and O–H groups in total. The van der Waals surface area contributed by atoms with Gasteiger partial charge in [-0.3, -0.25) is 0 Å². The van der Waals surface area contributed by atoms with Crippen LogP contribution in [0.1, 0.15) is 40.5 Å². The average molecular weight is 432 g/mol. The highest BCUT2D eigenvalue weighted by Crippen LogP contribution is 2.25. The van der Waals surface area contributed by atoms with Gasteiger partial charge in [0, 0.05) is 24.9 Å². The Bertz CT molecular complexity index is 897. The molecule has 0 spiro atoms. The summed E-state index contributed by atoms with van der Waals surface area (Å²) in [6.45, 7) is 20.8. The molecule has 0 aromatic heterocycles. The molecule has 1 aliphatic carbocycles. The molecule has 0 saturated heterocycles. The zero-order valence-electron chi connectivity index (χ0n) is 20.5. The van der Waals surface area contributed by atoms with Crippen molar-refractivity contribution in [3.05, 3.63) is 120 Å². The molecule has 172 valence electrons. The molecule has 3 nitrogen and oxygen atoms in total. The molecule has 0 heterocycles. The molecule has 0 aromatic carbocycles. The molecule has 0 aromatic rings. The SMILES string of the molecule is C=CC/C=C(\C=C(C)C)NC(C(=C)/C=C\C=C/C)C(=C)C(N)C1=C(NC)CC=CC(C)=C1. The van der Waals surface area contributed by atoms with E-state index in [1.165, 1.54) is 11.1 Å². The molecule has 0 bridgehead atoms. The van der Waals surface area contributed by atoms with E-state index in [0.29, 0.717) is 0 Å². The maximum Gasteiger partial charge on any atom is 0.0737 e. The Kier molecular flexibility index (Phi) is 11.9. The van der Waals surface area contributed by atoms with E-state index in [-0.39, 0.29) is 12.1 Å². The third kappa shape index (κ3) is 8.60. The first-order valence-corrected chi connectivity index (χ1v) is 11.2. The number of hydrogen-bond acceptors (Lipinski definition) is 3. The Balaban J connectivity index is 3.42. The second kappa shape index (κ2) is 14.1. The van der Waals surface area contributed by atoms with Crippen molar-refractivity contribution < 1.29 is 0 Å². The van der Waals surface area contributed by atoms with E-state index in [1.807, 2.05) is 44.4 Å². The van der Waals surface area contributed by atoms with Crippen LogP contribution in [0.2, 0.25) is 0 Å². The Labute approximate surface area is 195 Å². The molecule has 2 atom stereocenters. The first-order valence-electron chi connectivity index (χ1n) is 11.2. The summed E-state index contributed by atoms with van der Waals surface area (Å²) in [5.41, 5.74) is 14.1. The van der Waals surface area contributed by atoms with Crippen molar-refractivity contribution in [1.82, 2.24) is 10.6 Å². The molecule has 0 aliphatic heterocycles. The fourth-order valence-electron chi connectivity index (χ4n) is 3.42. The number of hydrogen-bond donors (Lipinski definition) is 3. The quantitative estimate of drug-likeness (QED) is 0.250. The highest BCUT2D eigenvalue weighted by Gasteiger charge is 2.24. The summed E-state index contributed by atoms with van der Waals surface area (Å²) in [7, 11) is 1.94. The van der Waals surface area contributed by atoms with Gasteiger partial charge in [0.2, 0.25) is 0 Å². The van der Waals surface area contributed by atoms with Gasteiger partial charge in [0.15, 0.2) is 0 Å².